The molecule has 0 aromatic rings. The number of hydrogen-bond donors (Lipinski definition) is 1. The molecule has 18 heavy (non-hydrogen) atoms. The van der Waals surface area contributed by atoms with E-state index in [0.29, 0.717) is 6.04 Å². The highest BCUT2D eigenvalue weighted by atomic mass is 16.5. The van der Waals surface area contributed by atoms with Crippen molar-refractivity contribution in [3.05, 3.63) is 0 Å². The largest absolute Gasteiger partial charge is 0.377 e. The van der Waals surface area contributed by atoms with Gasteiger partial charge in [-0.05, 0) is 38.1 Å². The Balaban J connectivity index is 2.12. The molecule has 0 saturated heterocycles. The second-order valence-corrected chi connectivity index (χ2v) is 6.26. The fourth-order valence-electron chi connectivity index (χ4n) is 4.26. The second-order valence-electron chi connectivity index (χ2n) is 6.26. The SMILES string of the molecule is CCNC(C1CCCC1)C1(OC)CCCCCC1. The molecule has 0 aromatic carbocycles. The van der Waals surface area contributed by atoms with Crippen molar-refractivity contribution in [1.82, 2.24) is 5.32 Å². The van der Waals surface area contributed by atoms with Crippen molar-refractivity contribution in [2.24, 2.45) is 5.92 Å². The fourth-order valence-corrected chi connectivity index (χ4v) is 4.26. The Morgan fingerprint density at radius 1 is 1.06 bits per heavy atom. The van der Waals surface area contributed by atoms with E-state index in [4.69, 9.17) is 4.74 Å². The number of methoxy groups -OCH3 is 1. The van der Waals surface area contributed by atoms with Gasteiger partial charge in [-0.2, -0.15) is 0 Å². The molecular formula is C16H31NO. The van der Waals surface area contributed by atoms with E-state index >= 15 is 0 Å². The third-order valence-electron chi connectivity index (χ3n) is 5.22. The van der Waals surface area contributed by atoms with Gasteiger partial charge >= 0.3 is 0 Å². The summed E-state index contributed by atoms with van der Waals surface area (Å²) in [6.45, 7) is 3.31. The average molecular weight is 253 g/mol. The lowest BCUT2D eigenvalue weighted by molar-refractivity contribution is -0.0670. The fraction of sp³-hybridized carbons (Fsp3) is 1.00. The van der Waals surface area contributed by atoms with Gasteiger partial charge in [-0.15, -0.1) is 0 Å². The summed E-state index contributed by atoms with van der Waals surface area (Å²) < 4.78 is 6.12. The highest BCUT2D eigenvalue weighted by Crippen LogP contribution is 2.40. The molecule has 0 heterocycles. The molecule has 2 heteroatoms. The maximum atomic E-state index is 6.12. The third-order valence-corrected chi connectivity index (χ3v) is 5.22. The molecule has 0 aliphatic heterocycles. The van der Waals surface area contributed by atoms with Gasteiger partial charge in [-0.1, -0.05) is 45.4 Å². The Labute approximate surface area is 113 Å². The number of likely N-dealkylation sites (N-methyl/N-ethyl adjacent to an activating group) is 1. The number of rotatable bonds is 5. The molecule has 2 aliphatic carbocycles. The minimum Gasteiger partial charge on any atom is -0.377 e. The Morgan fingerprint density at radius 2 is 1.67 bits per heavy atom. The molecule has 1 N–H and O–H groups in total. The number of hydrogen-bond acceptors (Lipinski definition) is 2. The first-order valence-electron chi connectivity index (χ1n) is 8.11. The summed E-state index contributed by atoms with van der Waals surface area (Å²) >= 11 is 0. The van der Waals surface area contributed by atoms with Gasteiger partial charge in [0.1, 0.15) is 0 Å². The third kappa shape index (κ3) is 3.08. The summed E-state index contributed by atoms with van der Waals surface area (Å²) in [7, 11) is 1.95. The van der Waals surface area contributed by atoms with Gasteiger partial charge in [0.05, 0.1) is 5.60 Å². The lowest BCUT2D eigenvalue weighted by Gasteiger charge is -2.43. The average Bonchev–Trinajstić information content (AvgIpc) is 2.81. The van der Waals surface area contributed by atoms with Crippen LogP contribution in [0.4, 0.5) is 0 Å². The smallest absolute Gasteiger partial charge is 0.0833 e. The second kappa shape index (κ2) is 6.91. The molecule has 0 amide bonds. The van der Waals surface area contributed by atoms with Crippen molar-refractivity contribution in [3.63, 3.8) is 0 Å². The summed E-state index contributed by atoms with van der Waals surface area (Å²) in [6.07, 6.45) is 13.7. The van der Waals surface area contributed by atoms with Crippen LogP contribution in [0.1, 0.15) is 71.1 Å². The Kier molecular flexibility index (Phi) is 5.50. The maximum absolute atomic E-state index is 6.12. The van der Waals surface area contributed by atoms with Gasteiger partial charge in [-0.3, -0.25) is 0 Å². The summed E-state index contributed by atoms with van der Waals surface area (Å²) in [5.74, 6) is 0.850. The van der Waals surface area contributed by atoms with Crippen LogP contribution in [-0.4, -0.2) is 25.3 Å². The van der Waals surface area contributed by atoms with E-state index in [1.807, 2.05) is 7.11 Å². The van der Waals surface area contributed by atoms with E-state index in [1.54, 1.807) is 0 Å². The van der Waals surface area contributed by atoms with Crippen molar-refractivity contribution in [2.45, 2.75) is 82.8 Å². The molecule has 0 radical (unpaired) electrons. The molecule has 0 aromatic heterocycles. The molecule has 2 nitrogen and oxygen atoms in total. The topological polar surface area (TPSA) is 21.3 Å². The van der Waals surface area contributed by atoms with Crippen LogP contribution in [0.15, 0.2) is 0 Å². The van der Waals surface area contributed by atoms with Gasteiger partial charge in [0, 0.05) is 13.2 Å². The Hall–Kier alpha value is -0.0800. The van der Waals surface area contributed by atoms with E-state index in [2.05, 4.69) is 12.2 Å². The first-order chi connectivity index (χ1) is 8.82. The van der Waals surface area contributed by atoms with Crippen molar-refractivity contribution in [1.29, 1.82) is 0 Å². The number of ether oxygens (including phenoxy) is 1. The summed E-state index contributed by atoms with van der Waals surface area (Å²) in [5, 5.41) is 3.79. The van der Waals surface area contributed by atoms with Crippen molar-refractivity contribution >= 4 is 0 Å². The van der Waals surface area contributed by atoms with E-state index in [-0.39, 0.29) is 5.60 Å². The zero-order valence-corrected chi connectivity index (χ0v) is 12.3. The van der Waals surface area contributed by atoms with E-state index in [1.165, 1.54) is 64.2 Å². The highest BCUT2D eigenvalue weighted by Gasteiger charge is 2.43. The van der Waals surface area contributed by atoms with Gasteiger partial charge in [0.25, 0.3) is 0 Å². The standard InChI is InChI=1S/C16H31NO/c1-3-17-15(14-10-6-7-11-14)16(18-2)12-8-4-5-9-13-16/h14-15,17H,3-13H2,1-2H3. The molecular weight excluding hydrogens is 222 g/mol. The normalized spacial score (nSPS) is 27.0. The van der Waals surface area contributed by atoms with Crippen LogP contribution >= 0.6 is 0 Å². The molecule has 0 spiro atoms. The quantitative estimate of drug-likeness (QED) is 0.750. The van der Waals surface area contributed by atoms with Crippen LogP contribution in [0.3, 0.4) is 0 Å². The predicted molar refractivity (Wildman–Crippen MR) is 76.9 cm³/mol. The van der Waals surface area contributed by atoms with Crippen molar-refractivity contribution < 1.29 is 4.74 Å². The van der Waals surface area contributed by atoms with E-state index in [0.717, 1.165) is 12.5 Å². The van der Waals surface area contributed by atoms with Crippen LogP contribution in [0.25, 0.3) is 0 Å². The Bertz CT molecular complexity index is 227. The van der Waals surface area contributed by atoms with Gasteiger partial charge in [0.15, 0.2) is 0 Å². The van der Waals surface area contributed by atoms with Crippen molar-refractivity contribution in [2.75, 3.05) is 13.7 Å². The molecule has 2 saturated carbocycles. The predicted octanol–water partition coefficient (Wildman–Crippen LogP) is 3.89. The maximum Gasteiger partial charge on any atom is 0.0833 e. The van der Waals surface area contributed by atoms with Gasteiger partial charge in [-0.25, -0.2) is 0 Å². The van der Waals surface area contributed by atoms with E-state index < -0.39 is 0 Å². The van der Waals surface area contributed by atoms with Crippen LogP contribution in [-0.2, 0) is 4.74 Å². The monoisotopic (exact) mass is 253 g/mol. The lowest BCUT2D eigenvalue weighted by Crippen LogP contribution is -2.55. The highest BCUT2D eigenvalue weighted by molar-refractivity contribution is 4.98. The molecule has 1 unspecified atom stereocenters. The van der Waals surface area contributed by atoms with Crippen molar-refractivity contribution in [3.8, 4) is 0 Å². The minimum atomic E-state index is 0.127. The molecule has 0 bridgehead atoms. The first-order valence-corrected chi connectivity index (χ1v) is 8.11. The zero-order chi connectivity index (χ0) is 12.8. The molecule has 2 rings (SSSR count). The summed E-state index contributed by atoms with van der Waals surface area (Å²) in [5.41, 5.74) is 0.127. The zero-order valence-electron chi connectivity index (χ0n) is 12.3. The Morgan fingerprint density at radius 3 is 2.17 bits per heavy atom. The van der Waals surface area contributed by atoms with E-state index in [9.17, 15) is 0 Å². The molecule has 2 fully saturated rings. The molecule has 2 aliphatic rings. The van der Waals surface area contributed by atoms with Crippen LogP contribution in [0, 0.1) is 5.92 Å². The van der Waals surface area contributed by atoms with Crippen LogP contribution < -0.4 is 5.32 Å². The van der Waals surface area contributed by atoms with Gasteiger partial charge in [0.2, 0.25) is 0 Å². The minimum absolute atomic E-state index is 0.127. The summed E-state index contributed by atoms with van der Waals surface area (Å²) in [4.78, 5) is 0. The van der Waals surface area contributed by atoms with Crippen LogP contribution in [0.5, 0.6) is 0 Å². The molecule has 1 atom stereocenters. The molecule has 106 valence electrons. The summed E-state index contributed by atoms with van der Waals surface area (Å²) in [6, 6.07) is 0.591. The lowest BCUT2D eigenvalue weighted by atomic mass is 9.78. The number of nitrogens with one attached hydrogen (secondary N) is 1. The first kappa shape index (κ1) is 14.3. The van der Waals surface area contributed by atoms with Gasteiger partial charge < -0.3 is 10.1 Å². The van der Waals surface area contributed by atoms with Crippen LogP contribution in [0.2, 0.25) is 0 Å².